The molecule has 0 saturated carbocycles. The Morgan fingerprint density at radius 2 is 2.00 bits per heavy atom. The highest BCUT2D eigenvalue weighted by Crippen LogP contribution is 2.33. The fraction of sp³-hybridized carbons (Fsp3) is 0.471. The van der Waals surface area contributed by atoms with Crippen LogP contribution in [0.1, 0.15) is 41.3 Å². The van der Waals surface area contributed by atoms with Crippen molar-refractivity contribution >= 4 is 0 Å². The minimum Gasteiger partial charge on any atom is -0.328 e. The molecule has 1 N–H and O–H groups in total. The van der Waals surface area contributed by atoms with Gasteiger partial charge in [0.15, 0.2) is 0 Å². The molecular formula is C17H21N3. The SMILES string of the molecule is CCc1nc2c(n1C1Cc3ccccc3C1)CCNC2. The Morgan fingerprint density at radius 3 is 2.70 bits per heavy atom. The van der Waals surface area contributed by atoms with E-state index in [2.05, 4.69) is 41.1 Å². The third-order valence-corrected chi connectivity index (χ3v) is 4.71. The van der Waals surface area contributed by atoms with Gasteiger partial charge in [-0.25, -0.2) is 4.98 Å². The number of nitrogens with one attached hydrogen (secondary N) is 1. The zero-order valence-electron chi connectivity index (χ0n) is 12.0. The molecule has 1 aromatic heterocycles. The summed E-state index contributed by atoms with van der Waals surface area (Å²) in [6, 6.07) is 9.47. The summed E-state index contributed by atoms with van der Waals surface area (Å²) < 4.78 is 2.57. The molecule has 0 bridgehead atoms. The molecule has 1 aromatic carbocycles. The number of aryl methyl sites for hydroxylation is 1. The molecule has 2 heterocycles. The molecule has 0 amide bonds. The van der Waals surface area contributed by atoms with Crippen LogP contribution in [0, 0.1) is 0 Å². The van der Waals surface area contributed by atoms with Crippen molar-refractivity contribution in [2.75, 3.05) is 6.54 Å². The Labute approximate surface area is 120 Å². The van der Waals surface area contributed by atoms with Crippen molar-refractivity contribution in [2.24, 2.45) is 0 Å². The number of fused-ring (bicyclic) bond motifs is 2. The molecule has 0 fully saturated rings. The van der Waals surface area contributed by atoms with Crippen LogP contribution in [0.5, 0.6) is 0 Å². The number of benzene rings is 1. The molecule has 4 rings (SSSR count). The van der Waals surface area contributed by atoms with Crippen LogP contribution in [0.4, 0.5) is 0 Å². The second-order valence-electron chi connectivity index (χ2n) is 5.90. The van der Waals surface area contributed by atoms with E-state index in [0.717, 1.165) is 25.9 Å². The predicted octanol–water partition coefficient (Wildman–Crippen LogP) is 2.43. The first-order chi connectivity index (χ1) is 9.86. The average molecular weight is 267 g/mol. The van der Waals surface area contributed by atoms with Gasteiger partial charge in [0.2, 0.25) is 0 Å². The lowest BCUT2D eigenvalue weighted by atomic mass is 10.1. The Morgan fingerprint density at radius 1 is 1.25 bits per heavy atom. The second-order valence-corrected chi connectivity index (χ2v) is 5.90. The smallest absolute Gasteiger partial charge is 0.109 e. The topological polar surface area (TPSA) is 29.9 Å². The van der Waals surface area contributed by atoms with E-state index in [-0.39, 0.29) is 0 Å². The van der Waals surface area contributed by atoms with Gasteiger partial charge in [-0.3, -0.25) is 0 Å². The van der Waals surface area contributed by atoms with Crippen LogP contribution in [0.25, 0.3) is 0 Å². The summed E-state index contributed by atoms with van der Waals surface area (Å²) in [6.07, 6.45) is 4.48. The van der Waals surface area contributed by atoms with Crippen LogP contribution >= 0.6 is 0 Å². The summed E-state index contributed by atoms with van der Waals surface area (Å²) in [5.74, 6) is 1.27. The van der Waals surface area contributed by atoms with Crippen molar-refractivity contribution in [2.45, 2.75) is 45.2 Å². The maximum atomic E-state index is 4.88. The first-order valence-corrected chi connectivity index (χ1v) is 7.73. The standard InChI is InChI=1S/C17H21N3/c1-2-17-19-15-11-18-8-7-16(15)20(17)14-9-12-5-3-4-6-13(12)10-14/h3-6,14,18H,2,7-11H2,1H3. The molecule has 0 radical (unpaired) electrons. The van der Waals surface area contributed by atoms with Crippen molar-refractivity contribution in [1.29, 1.82) is 0 Å². The van der Waals surface area contributed by atoms with Gasteiger partial charge in [-0.1, -0.05) is 31.2 Å². The molecule has 1 aliphatic carbocycles. The van der Waals surface area contributed by atoms with Gasteiger partial charge in [-0.05, 0) is 24.0 Å². The number of aromatic nitrogens is 2. The molecule has 3 heteroatoms. The first kappa shape index (κ1) is 12.2. The van der Waals surface area contributed by atoms with Gasteiger partial charge >= 0.3 is 0 Å². The van der Waals surface area contributed by atoms with Gasteiger partial charge in [0.25, 0.3) is 0 Å². The fourth-order valence-corrected chi connectivity index (χ4v) is 3.79. The van der Waals surface area contributed by atoms with Crippen LogP contribution in [0.15, 0.2) is 24.3 Å². The average Bonchev–Trinajstić information content (AvgIpc) is 3.07. The Bertz CT molecular complexity index is 617. The van der Waals surface area contributed by atoms with Crippen molar-refractivity contribution in [3.63, 3.8) is 0 Å². The van der Waals surface area contributed by atoms with Gasteiger partial charge in [0.1, 0.15) is 5.82 Å². The van der Waals surface area contributed by atoms with Gasteiger partial charge in [-0.2, -0.15) is 0 Å². The van der Waals surface area contributed by atoms with Crippen molar-refractivity contribution in [3.8, 4) is 0 Å². The van der Waals surface area contributed by atoms with Gasteiger partial charge in [0, 0.05) is 37.7 Å². The third-order valence-electron chi connectivity index (χ3n) is 4.71. The van der Waals surface area contributed by atoms with Crippen molar-refractivity contribution in [3.05, 3.63) is 52.6 Å². The molecule has 20 heavy (non-hydrogen) atoms. The summed E-state index contributed by atoms with van der Waals surface area (Å²) in [5, 5.41) is 3.44. The summed E-state index contributed by atoms with van der Waals surface area (Å²) >= 11 is 0. The third kappa shape index (κ3) is 1.80. The molecule has 2 aromatic rings. The van der Waals surface area contributed by atoms with Gasteiger partial charge < -0.3 is 9.88 Å². The van der Waals surface area contributed by atoms with Crippen LogP contribution in [-0.4, -0.2) is 16.1 Å². The minimum absolute atomic E-state index is 0.580. The molecule has 3 nitrogen and oxygen atoms in total. The van der Waals surface area contributed by atoms with E-state index in [4.69, 9.17) is 4.98 Å². The van der Waals surface area contributed by atoms with Crippen molar-refractivity contribution < 1.29 is 0 Å². The van der Waals surface area contributed by atoms with Crippen molar-refractivity contribution in [1.82, 2.24) is 14.9 Å². The van der Waals surface area contributed by atoms with E-state index in [0.29, 0.717) is 6.04 Å². The Balaban J connectivity index is 1.75. The summed E-state index contributed by atoms with van der Waals surface area (Å²) in [7, 11) is 0. The van der Waals surface area contributed by atoms with Crippen LogP contribution < -0.4 is 5.32 Å². The summed E-state index contributed by atoms with van der Waals surface area (Å²) in [4.78, 5) is 4.88. The van der Waals surface area contributed by atoms with E-state index < -0.39 is 0 Å². The highest BCUT2D eigenvalue weighted by molar-refractivity contribution is 5.34. The quantitative estimate of drug-likeness (QED) is 0.905. The van der Waals surface area contributed by atoms with Crippen LogP contribution in [0.3, 0.4) is 0 Å². The van der Waals surface area contributed by atoms with Crippen LogP contribution in [-0.2, 0) is 32.2 Å². The number of rotatable bonds is 2. The second kappa shape index (κ2) is 4.74. The molecule has 2 aliphatic rings. The van der Waals surface area contributed by atoms with Gasteiger partial charge in [0.05, 0.1) is 5.69 Å². The zero-order valence-corrected chi connectivity index (χ0v) is 12.0. The minimum atomic E-state index is 0.580. The maximum Gasteiger partial charge on any atom is 0.109 e. The lowest BCUT2D eigenvalue weighted by molar-refractivity contribution is 0.480. The zero-order chi connectivity index (χ0) is 13.5. The van der Waals surface area contributed by atoms with Gasteiger partial charge in [-0.15, -0.1) is 0 Å². The Kier molecular flexibility index (Phi) is 2.88. The first-order valence-electron chi connectivity index (χ1n) is 7.73. The lowest BCUT2D eigenvalue weighted by Gasteiger charge is -2.21. The fourth-order valence-electron chi connectivity index (χ4n) is 3.79. The maximum absolute atomic E-state index is 4.88. The molecule has 104 valence electrons. The molecular weight excluding hydrogens is 246 g/mol. The van der Waals surface area contributed by atoms with E-state index in [1.54, 1.807) is 0 Å². The number of hydrogen-bond donors (Lipinski definition) is 1. The predicted molar refractivity (Wildman–Crippen MR) is 79.9 cm³/mol. The highest BCUT2D eigenvalue weighted by atomic mass is 15.1. The normalized spacial score (nSPS) is 18.1. The molecule has 0 saturated heterocycles. The van der Waals surface area contributed by atoms with E-state index in [1.807, 2.05) is 0 Å². The largest absolute Gasteiger partial charge is 0.328 e. The van der Waals surface area contributed by atoms with E-state index >= 15 is 0 Å². The highest BCUT2D eigenvalue weighted by Gasteiger charge is 2.28. The molecule has 0 unspecified atom stereocenters. The summed E-state index contributed by atoms with van der Waals surface area (Å²) in [5.41, 5.74) is 5.81. The number of hydrogen-bond acceptors (Lipinski definition) is 2. The van der Waals surface area contributed by atoms with E-state index in [1.165, 1.54) is 41.2 Å². The monoisotopic (exact) mass is 267 g/mol. The summed E-state index contributed by atoms with van der Waals surface area (Å²) in [6.45, 7) is 4.25. The van der Waals surface area contributed by atoms with Crippen LogP contribution in [0.2, 0.25) is 0 Å². The number of imidazole rings is 1. The molecule has 1 aliphatic heterocycles. The van der Waals surface area contributed by atoms with E-state index in [9.17, 15) is 0 Å². The lowest BCUT2D eigenvalue weighted by Crippen LogP contribution is -2.26. The number of nitrogens with zero attached hydrogens (tertiary/aromatic N) is 2. The molecule has 0 atom stereocenters. The molecule has 0 spiro atoms. The Hall–Kier alpha value is -1.61.